The maximum absolute atomic E-state index is 5.92. The van der Waals surface area contributed by atoms with Crippen LogP contribution in [0.15, 0.2) is 24.5 Å². The lowest BCUT2D eigenvalue weighted by molar-refractivity contribution is 0.0866. The summed E-state index contributed by atoms with van der Waals surface area (Å²) >= 11 is 0. The minimum atomic E-state index is 0.115. The van der Waals surface area contributed by atoms with Crippen molar-refractivity contribution in [3.63, 3.8) is 0 Å². The van der Waals surface area contributed by atoms with Crippen molar-refractivity contribution in [3.8, 4) is 0 Å². The summed E-state index contributed by atoms with van der Waals surface area (Å²) in [5.74, 6) is 2.93. The molecule has 0 bridgehead atoms. The van der Waals surface area contributed by atoms with Gasteiger partial charge in [0.05, 0.1) is 5.69 Å². The topological polar surface area (TPSA) is 64.9 Å². The van der Waals surface area contributed by atoms with E-state index in [9.17, 15) is 0 Å². The molecule has 1 N–H and O–H groups in total. The third kappa shape index (κ3) is 2.70. The molecule has 2 atom stereocenters. The first-order valence-corrected chi connectivity index (χ1v) is 7.97. The fourth-order valence-corrected chi connectivity index (χ4v) is 3.08. The zero-order valence-corrected chi connectivity index (χ0v) is 12.8. The fraction of sp³-hybridized carbons (Fsp3) is 0.562. The summed E-state index contributed by atoms with van der Waals surface area (Å²) < 4.78 is 7.82. The first-order chi connectivity index (χ1) is 10.8. The molecule has 0 spiro atoms. The van der Waals surface area contributed by atoms with Crippen LogP contribution in [0.25, 0.3) is 0 Å². The average molecular weight is 299 g/mol. The molecule has 1 saturated heterocycles. The van der Waals surface area contributed by atoms with Gasteiger partial charge in [-0.25, -0.2) is 9.97 Å². The van der Waals surface area contributed by atoms with Crippen molar-refractivity contribution in [2.75, 3.05) is 18.5 Å². The van der Waals surface area contributed by atoms with E-state index in [1.807, 2.05) is 36.3 Å². The number of aromatic nitrogens is 4. The van der Waals surface area contributed by atoms with Crippen LogP contribution in [-0.2, 0) is 11.8 Å². The molecule has 2 fully saturated rings. The van der Waals surface area contributed by atoms with Crippen LogP contribution in [0.5, 0.6) is 0 Å². The van der Waals surface area contributed by atoms with Gasteiger partial charge in [-0.1, -0.05) is 0 Å². The van der Waals surface area contributed by atoms with Gasteiger partial charge in [0, 0.05) is 44.4 Å². The monoisotopic (exact) mass is 299 g/mol. The van der Waals surface area contributed by atoms with Crippen molar-refractivity contribution in [2.24, 2.45) is 13.0 Å². The Morgan fingerprint density at radius 3 is 2.95 bits per heavy atom. The third-order valence-corrected chi connectivity index (χ3v) is 4.53. The van der Waals surface area contributed by atoms with Gasteiger partial charge in [-0.3, -0.25) is 4.68 Å². The highest BCUT2D eigenvalue weighted by Crippen LogP contribution is 2.38. The molecule has 2 aliphatic rings. The Labute approximate surface area is 129 Å². The molecule has 1 saturated carbocycles. The number of hydrogen-bond acceptors (Lipinski definition) is 5. The van der Waals surface area contributed by atoms with Crippen LogP contribution in [0.1, 0.15) is 42.8 Å². The maximum atomic E-state index is 5.92. The van der Waals surface area contributed by atoms with E-state index >= 15 is 0 Å². The second-order valence-corrected chi connectivity index (χ2v) is 6.18. The van der Waals surface area contributed by atoms with Crippen LogP contribution in [0.2, 0.25) is 0 Å². The predicted molar refractivity (Wildman–Crippen MR) is 82.5 cm³/mol. The maximum Gasteiger partial charge on any atom is 0.133 e. The molecule has 4 rings (SSSR count). The number of ether oxygens (including phenoxy) is 1. The van der Waals surface area contributed by atoms with E-state index in [-0.39, 0.29) is 6.10 Å². The smallest absolute Gasteiger partial charge is 0.133 e. The van der Waals surface area contributed by atoms with E-state index in [4.69, 9.17) is 4.74 Å². The standard InChI is InChI=1S/C16H21N5O/c1-21-13(4-8-19-21)15-12(6-9-22-15)10-18-14-5-7-17-16(20-14)11-2-3-11/h4-5,7-8,11-12,15H,2-3,6,9-10H2,1H3,(H,17,18,20)/t12-,15+/m0/s1. The highest BCUT2D eigenvalue weighted by Gasteiger charge is 2.31. The number of aryl methyl sites for hydroxylation is 1. The Kier molecular flexibility index (Phi) is 3.54. The number of hydrogen-bond donors (Lipinski definition) is 1. The van der Waals surface area contributed by atoms with Gasteiger partial charge < -0.3 is 10.1 Å². The van der Waals surface area contributed by atoms with Crippen LogP contribution in [-0.4, -0.2) is 32.9 Å². The Balaban J connectivity index is 1.42. The van der Waals surface area contributed by atoms with Crippen molar-refractivity contribution >= 4 is 5.82 Å². The summed E-state index contributed by atoms with van der Waals surface area (Å²) in [6.45, 7) is 1.66. The molecular weight excluding hydrogens is 278 g/mol. The second kappa shape index (κ2) is 5.68. The lowest BCUT2D eigenvalue weighted by atomic mass is 9.99. The van der Waals surface area contributed by atoms with Crippen molar-refractivity contribution < 1.29 is 4.74 Å². The highest BCUT2D eigenvalue weighted by molar-refractivity contribution is 5.34. The third-order valence-electron chi connectivity index (χ3n) is 4.53. The molecule has 6 nitrogen and oxygen atoms in total. The van der Waals surface area contributed by atoms with Gasteiger partial charge in [-0.05, 0) is 31.4 Å². The average Bonchev–Trinajstić information content (AvgIpc) is 3.15. The van der Waals surface area contributed by atoms with Crippen molar-refractivity contribution in [1.82, 2.24) is 19.7 Å². The van der Waals surface area contributed by atoms with Gasteiger partial charge in [-0.2, -0.15) is 5.10 Å². The summed E-state index contributed by atoms with van der Waals surface area (Å²) in [5.41, 5.74) is 1.14. The van der Waals surface area contributed by atoms with Gasteiger partial charge in [0.1, 0.15) is 17.7 Å². The molecule has 2 aromatic heterocycles. The number of nitrogens with one attached hydrogen (secondary N) is 1. The van der Waals surface area contributed by atoms with Gasteiger partial charge in [0.2, 0.25) is 0 Å². The minimum Gasteiger partial charge on any atom is -0.372 e. The van der Waals surface area contributed by atoms with Crippen molar-refractivity contribution in [1.29, 1.82) is 0 Å². The van der Waals surface area contributed by atoms with E-state index in [2.05, 4.69) is 20.4 Å². The van der Waals surface area contributed by atoms with Crippen LogP contribution in [0, 0.1) is 5.92 Å². The van der Waals surface area contributed by atoms with Crippen LogP contribution in [0.4, 0.5) is 5.82 Å². The Bertz CT molecular complexity index is 651. The lowest BCUT2D eigenvalue weighted by Gasteiger charge is -2.19. The molecule has 22 heavy (non-hydrogen) atoms. The number of rotatable bonds is 5. The molecule has 1 aliphatic carbocycles. The Morgan fingerprint density at radius 2 is 2.18 bits per heavy atom. The largest absolute Gasteiger partial charge is 0.372 e. The summed E-state index contributed by atoms with van der Waals surface area (Å²) in [7, 11) is 1.97. The van der Waals surface area contributed by atoms with Gasteiger partial charge in [0.25, 0.3) is 0 Å². The normalized spacial score (nSPS) is 24.6. The molecule has 0 unspecified atom stereocenters. The summed E-state index contributed by atoms with van der Waals surface area (Å²) in [6.07, 6.45) is 7.30. The van der Waals surface area contributed by atoms with E-state index in [0.29, 0.717) is 11.8 Å². The van der Waals surface area contributed by atoms with Gasteiger partial charge >= 0.3 is 0 Å². The number of nitrogens with zero attached hydrogens (tertiary/aromatic N) is 4. The highest BCUT2D eigenvalue weighted by atomic mass is 16.5. The zero-order valence-electron chi connectivity index (χ0n) is 12.8. The molecular formula is C16H21N5O. The quantitative estimate of drug-likeness (QED) is 0.917. The molecule has 0 amide bonds. The van der Waals surface area contributed by atoms with Gasteiger partial charge in [-0.15, -0.1) is 0 Å². The minimum absolute atomic E-state index is 0.115. The van der Waals surface area contributed by atoms with E-state index in [0.717, 1.165) is 36.9 Å². The zero-order chi connectivity index (χ0) is 14.9. The summed E-state index contributed by atoms with van der Waals surface area (Å²) in [5, 5.41) is 7.71. The number of anilines is 1. The Hall–Kier alpha value is -1.95. The summed E-state index contributed by atoms with van der Waals surface area (Å²) in [4.78, 5) is 8.98. The lowest BCUT2D eigenvalue weighted by Crippen LogP contribution is -2.20. The molecule has 6 heteroatoms. The van der Waals surface area contributed by atoms with Crippen LogP contribution >= 0.6 is 0 Å². The molecule has 1 aliphatic heterocycles. The van der Waals surface area contributed by atoms with Crippen LogP contribution in [0.3, 0.4) is 0 Å². The SMILES string of the molecule is Cn1nccc1[C@@H]1OCC[C@H]1CNc1ccnc(C2CC2)n1. The molecule has 2 aromatic rings. The van der Waals surface area contributed by atoms with E-state index in [1.54, 1.807) is 0 Å². The second-order valence-electron chi connectivity index (χ2n) is 6.18. The first kappa shape index (κ1) is 13.7. The molecule has 116 valence electrons. The molecule has 3 heterocycles. The van der Waals surface area contributed by atoms with E-state index in [1.165, 1.54) is 12.8 Å². The van der Waals surface area contributed by atoms with E-state index < -0.39 is 0 Å². The molecule has 0 radical (unpaired) electrons. The summed E-state index contributed by atoms with van der Waals surface area (Å²) in [6, 6.07) is 3.99. The fourth-order valence-electron chi connectivity index (χ4n) is 3.08. The Morgan fingerprint density at radius 1 is 1.27 bits per heavy atom. The van der Waals surface area contributed by atoms with Crippen molar-refractivity contribution in [2.45, 2.75) is 31.3 Å². The molecule has 0 aromatic carbocycles. The predicted octanol–water partition coefficient (Wildman–Crippen LogP) is 2.28. The van der Waals surface area contributed by atoms with Gasteiger partial charge in [0.15, 0.2) is 0 Å². The first-order valence-electron chi connectivity index (χ1n) is 7.97. The van der Waals surface area contributed by atoms with Crippen molar-refractivity contribution in [3.05, 3.63) is 36.0 Å². The van der Waals surface area contributed by atoms with Crippen LogP contribution < -0.4 is 5.32 Å².